The molecule has 0 bridgehead atoms. The first-order valence-corrected chi connectivity index (χ1v) is 32.2. The number of amides is 9. The topological polar surface area (TPSA) is 408 Å². The zero-order valence-electron chi connectivity index (χ0n) is 56.1. The van der Waals surface area contributed by atoms with Crippen LogP contribution in [0.5, 0.6) is 23.0 Å². The Morgan fingerprint density at radius 3 is 1.39 bits per heavy atom. The zero-order chi connectivity index (χ0) is 71.2. The van der Waals surface area contributed by atoms with Crippen molar-refractivity contribution in [2.75, 3.05) is 87.9 Å². The van der Waals surface area contributed by atoms with E-state index in [1.165, 1.54) is 69.2 Å². The van der Waals surface area contributed by atoms with Crippen LogP contribution in [0.2, 0.25) is 0 Å². The van der Waals surface area contributed by atoms with Crippen LogP contribution in [-0.4, -0.2) is 212 Å². The molecule has 4 aromatic rings. The van der Waals surface area contributed by atoms with Crippen molar-refractivity contribution < 1.29 is 101 Å². The van der Waals surface area contributed by atoms with Gasteiger partial charge in [0, 0.05) is 56.5 Å². The molecule has 31 nitrogen and oxygen atoms in total. The van der Waals surface area contributed by atoms with Gasteiger partial charge in [0.05, 0.1) is 100 Å². The predicted molar refractivity (Wildman–Crippen MR) is 352 cm³/mol. The Morgan fingerprint density at radius 2 is 0.980 bits per heavy atom. The minimum atomic E-state index is -1.72. The molecule has 0 aliphatic carbocycles. The van der Waals surface area contributed by atoms with E-state index in [0.29, 0.717) is 35.7 Å². The van der Waals surface area contributed by atoms with Gasteiger partial charge in [0.2, 0.25) is 29.5 Å². The molecule has 10 atom stereocenters. The average Bonchev–Trinajstić information content (AvgIpc) is 1.58. The number of aliphatic hydroxyl groups is 4. The van der Waals surface area contributed by atoms with E-state index in [1.54, 1.807) is 76.2 Å². The van der Waals surface area contributed by atoms with Crippen LogP contribution in [0.4, 0.5) is 32.3 Å². The Morgan fingerprint density at radius 1 is 0.541 bits per heavy atom. The molecule has 0 unspecified atom stereocenters. The number of nitrogens with zero attached hydrogens (tertiary/aromatic N) is 4. The maximum absolute atomic E-state index is 14.3. The minimum Gasteiger partial charge on any atom is -0.493 e. The molecule has 4 aliphatic heterocycles. The van der Waals surface area contributed by atoms with Gasteiger partial charge in [-0.25, -0.2) is 19.4 Å². The van der Waals surface area contributed by atoms with Crippen molar-refractivity contribution in [2.45, 2.75) is 141 Å². The van der Waals surface area contributed by atoms with E-state index in [2.05, 4.69) is 26.6 Å². The standard InChI is InChI=1S/C67H88N10O21/c1-35(2)56(68)60(83)69-37(5)58(81)71-41-15-11-39(12-16-41)33-97-66(89)76-47-29-53(51(92-8)27-45(47)62(85)74-31-43(78)25-49(74)64(76)87)95-20-10-21-96-54-30-48-46(28-52(54)93-9)63(86)75-32-44(79)26-50(75)65(88)77(48)67(90)98-34-40-13-17-42(18-14-40)72-59(82)38(6)70-61(84)57(36(3)4)73-55(80)19-22-94-24-23-91-7/h11-18,27-30,35-38,43-44,49-50,56-57,64-65,78-79,87-88H,10,19-26,31-34,68H2,1-9H3,(H,69,83)(H,70,84)(H,71,81)(H,72,82)(H,73,80)/t37-,38-,43+,44+,49+,50+,56-,57-,64+,65+/m1/s1. The van der Waals surface area contributed by atoms with Crippen molar-refractivity contribution in [1.29, 1.82) is 0 Å². The second-order valence-corrected chi connectivity index (χ2v) is 24.8. The molecule has 9 amide bonds. The number of methoxy groups -OCH3 is 3. The maximum atomic E-state index is 14.3. The van der Waals surface area contributed by atoms with Gasteiger partial charge >= 0.3 is 12.2 Å². The molecule has 4 heterocycles. The molecule has 532 valence electrons. The third kappa shape index (κ3) is 18.0. The van der Waals surface area contributed by atoms with Crippen molar-refractivity contribution in [3.8, 4) is 23.0 Å². The summed E-state index contributed by atoms with van der Waals surface area (Å²) in [4.78, 5) is 126. The Kier molecular flexibility index (Phi) is 25.6. The van der Waals surface area contributed by atoms with E-state index in [9.17, 15) is 63.6 Å². The van der Waals surface area contributed by atoms with E-state index in [-0.39, 0.29) is 129 Å². The third-order valence-corrected chi connectivity index (χ3v) is 17.0. The van der Waals surface area contributed by atoms with Crippen LogP contribution in [0.3, 0.4) is 0 Å². The quantitative estimate of drug-likeness (QED) is 0.0349. The lowest BCUT2D eigenvalue weighted by molar-refractivity contribution is -0.132. The fourth-order valence-electron chi connectivity index (χ4n) is 11.4. The second kappa shape index (κ2) is 33.7. The molecule has 31 heteroatoms. The number of fused-ring (bicyclic) bond motifs is 4. The molecule has 11 N–H and O–H groups in total. The van der Waals surface area contributed by atoms with Crippen LogP contribution in [-0.2, 0) is 56.1 Å². The maximum Gasteiger partial charge on any atom is 0.416 e. The Labute approximate surface area is 566 Å². The molecule has 0 saturated carbocycles. The van der Waals surface area contributed by atoms with Crippen molar-refractivity contribution in [3.05, 3.63) is 95.1 Å². The smallest absolute Gasteiger partial charge is 0.416 e. The number of nitrogens with one attached hydrogen (secondary N) is 5. The molecule has 98 heavy (non-hydrogen) atoms. The second-order valence-electron chi connectivity index (χ2n) is 24.8. The number of nitrogens with two attached hydrogens (primary N) is 1. The lowest BCUT2D eigenvalue weighted by Crippen LogP contribution is -2.53. The van der Waals surface area contributed by atoms with Crippen molar-refractivity contribution in [1.82, 2.24) is 25.8 Å². The summed E-state index contributed by atoms with van der Waals surface area (Å²) >= 11 is 0. The van der Waals surface area contributed by atoms with Crippen molar-refractivity contribution in [2.24, 2.45) is 17.6 Å². The van der Waals surface area contributed by atoms with Gasteiger partial charge in [-0.05, 0) is 86.1 Å². The predicted octanol–water partition coefficient (Wildman–Crippen LogP) is 2.72. The van der Waals surface area contributed by atoms with E-state index >= 15 is 0 Å². The lowest BCUT2D eigenvalue weighted by atomic mass is 10.0. The highest BCUT2D eigenvalue weighted by atomic mass is 16.6. The van der Waals surface area contributed by atoms with Crippen molar-refractivity contribution >= 4 is 76.3 Å². The summed E-state index contributed by atoms with van der Waals surface area (Å²) in [5.74, 6) is -3.92. The first-order chi connectivity index (χ1) is 46.7. The summed E-state index contributed by atoms with van der Waals surface area (Å²) in [5.41, 5.74) is 7.25. The van der Waals surface area contributed by atoms with Gasteiger partial charge in [0.1, 0.15) is 31.3 Å². The fraction of sp³-hybridized carbons (Fsp3) is 0.507. The van der Waals surface area contributed by atoms with Gasteiger partial charge in [-0.3, -0.25) is 33.6 Å². The summed E-state index contributed by atoms with van der Waals surface area (Å²) in [7, 11) is 4.21. The zero-order valence-corrected chi connectivity index (χ0v) is 56.1. The van der Waals surface area contributed by atoms with Gasteiger partial charge in [-0.1, -0.05) is 52.0 Å². The normalized spacial score (nSPS) is 19.9. The average molecular weight is 1370 g/mol. The molecule has 4 aromatic carbocycles. The van der Waals surface area contributed by atoms with Gasteiger partial charge < -0.3 is 100 Å². The van der Waals surface area contributed by atoms with Crippen LogP contribution < -0.4 is 61.1 Å². The number of carbonyl (C=O) groups excluding carboxylic acids is 9. The van der Waals surface area contributed by atoms with Gasteiger partial charge in [0.25, 0.3) is 11.8 Å². The molecular weight excluding hydrogens is 1280 g/mol. The highest BCUT2D eigenvalue weighted by molar-refractivity contribution is 6.07. The molecular formula is C67H88N10O21. The summed E-state index contributed by atoms with van der Waals surface area (Å²) in [6, 6.07) is 12.2. The van der Waals surface area contributed by atoms with Gasteiger partial charge in [0.15, 0.2) is 35.5 Å². The number of hydrogen-bond acceptors (Lipinski definition) is 22. The van der Waals surface area contributed by atoms with Crippen LogP contribution in [0.25, 0.3) is 0 Å². The number of hydrogen-bond donors (Lipinski definition) is 10. The third-order valence-electron chi connectivity index (χ3n) is 17.0. The highest BCUT2D eigenvalue weighted by Gasteiger charge is 2.50. The monoisotopic (exact) mass is 1370 g/mol. The van der Waals surface area contributed by atoms with E-state index in [0.717, 1.165) is 9.80 Å². The molecule has 0 aromatic heterocycles. The molecule has 0 spiro atoms. The highest BCUT2D eigenvalue weighted by Crippen LogP contribution is 2.44. The number of anilines is 4. The Balaban J connectivity index is 0.912. The minimum absolute atomic E-state index is 0.0224. The van der Waals surface area contributed by atoms with Gasteiger partial charge in [-0.15, -0.1) is 0 Å². The largest absolute Gasteiger partial charge is 0.493 e. The molecule has 4 aliphatic rings. The summed E-state index contributed by atoms with van der Waals surface area (Å²) < 4.78 is 45.5. The first kappa shape index (κ1) is 74.4. The number of aliphatic hydroxyl groups excluding tert-OH is 4. The van der Waals surface area contributed by atoms with Crippen LogP contribution in [0.15, 0.2) is 72.8 Å². The lowest BCUT2D eigenvalue weighted by Gasteiger charge is -2.31. The number of rotatable bonds is 29. The van der Waals surface area contributed by atoms with E-state index < -0.39 is 114 Å². The molecule has 8 rings (SSSR count). The first-order valence-electron chi connectivity index (χ1n) is 32.2. The summed E-state index contributed by atoms with van der Waals surface area (Å²) in [6.45, 7) is 9.81. The molecule has 2 saturated heterocycles. The number of carbonyl (C=O) groups is 9. The van der Waals surface area contributed by atoms with E-state index in [4.69, 9.17) is 43.6 Å². The summed E-state index contributed by atoms with van der Waals surface area (Å²) in [6.07, 6.45) is -7.55. The van der Waals surface area contributed by atoms with Crippen LogP contribution >= 0.6 is 0 Å². The van der Waals surface area contributed by atoms with Crippen LogP contribution in [0, 0.1) is 11.8 Å². The van der Waals surface area contributed by atoms with Crippen LogP contribution in [0.1, 0.15) is 99.1 Å². The molecule has 0 radical (unpaired) electrons. The SMILES string of the molecule is COCCOCCC(=O)N[C@@H](C(=O)N[C@H](C)C(=O)Nc1ccc(COC(=O)N2c3cc(OCCCOc4cc5c(cc4OC)C(=O)N4C[C@@H](O)C[C@H]4[C@H](O)N5C(=O)OCc4ccc(NC(=O)[C@@H](C)NC(=O)[C@H](N)C(C)C)cc4)c(OC)cc3C(=O)N3C[C@@H](O)C[C@H]3[C@@H]2O)cc1)C(C)C. The Bertz CT molecular complexity index is 3520. The Hall–Kier alpha value is -9.37. The fourth-order valence-corrected chi connectivity index (χ4v) is 11.4. The summed E-state index contributed by atoms with van der Waals surface area (Å²) in [5, 5.41) is 58.6. The number of benzene rings is 4. The molecule has 2 fully saturated rings. The van der Waals surface area contributed by atoms with Gasteiger partial charge in [-0.2, -0.15) is 0 Å². The number of ether oxygens (including phenoxy) is 8. The van der Waals surface area contributed by atoms with E-state index in [1.807, 2.05) is 0 Å². The van der Waals surface area contributed by atoms with Crippen molar-refractivity contribution in [3.63, 3.8) is 0 Å².